The second-order valence-corrected chi connectivity index (χ2v) is 5.80. The summed E-state index contributed by atoms with van der Waals surface area (Å²) in [5.41, 5.74) is 6.12. The Kier molecular flexibility index (Phi) is 5.26. The van der Waals surface area contributed by atoms with Gasteiger partial charge in [0.15, 0.2) is 6.61 Å². The van der Waals surface area contributed by atoms with Gasteiger partial charge in [0.05, 0.1) is 17.8 Å². The number of carbonyl (C=O) groups is 2. The lowest BCUT2D eigenvalue weighted by atomic mass is 10.2. The zero-order valence-corrected chi connectivity index (χ0v) is 13.3. The van der Waals surface area contributed by atoms with E-state index in [1.165, 1.54) is 12.1 Å². The molecule has 1 amide bonds. The standard InChI is InChI=1S/C15H19ClN2O4/c1-9-6-18(7-10(2)22-9)14(19)8-21-15(20)12-5-11(16)3-4-13(12)17/h3-5,9-10H,6-8,17H2,1-2H3/t9-,10-/m0/s1. The number of hydrogen-bond acceptors (Lipinski definition) is 5. The van der Waals surface area contributed by atoms with Gasteiger partial charge in [0.25, 0.3) is 5.91 Å². The van der Waals surface area contributed by atoms with Crippen LogP contribution in [0.15, 0.2) is 18.2 Å². The van der Waals surface area contributed by atoms with Crippen molar-refractivity contribution < 1.29 is 19.1 Å². The Morgan fingerprint density at radius 3 is 2.64 bits per heavy atom. The number of hydrogen-bond donors (Lipinski definition) is 1. The number of rotatable bonds is 3. The number of ether oxygens (including phenoxy) is 2. The van der Waals surface area contributed by atoms with E-state index >= 15 is 0 Å². The molecule has 0 aromatic heterocycles. The fraction of sp³-hybridized carbons (Fsp3) is 0.467. The number of benzene rings is 1. The molecule has 0 aliphatic carbocycles. The lowest BCUT2D eigenvalue weighted by molar-refractivity contribution is -0.146. The second kappa shape index (κ2) is 6.98. The van der Waals surface area contributed by atoms with Crippen LogP contribution in [0.4, 0.5) is 5.69 Å². The van der Waals surface area contributed by atoms with Gasteiger partial charge in [-0.1, -0.05) is 11.6 Å². The molecule has 6 nitrogen and oxygen atoms in total. The van der Waals surface area contributed by atoms with Crippen LogP contribution in [0.25, 0.3) is 0 Å². The summed E-state index contributed by atoms with van der Waals surface area (Å²) >= 11 is 5.83. The van der Waals surface area contributed by atoms with Gasteiger partial charge >= 0.3 is 5.97 Å². The van der Waals surface area contributed by atoms with E-state index in [9.17, 15) is 9.59 Å². The smallest absolute Gasteiger partial charge is 0.340 e. The van der Waals surface area contributed by atoms with Crippen molar-refractivity contribution in [2.75, 3.05) is 25.4 Å². The Balaban J connectivity index is 1.93. The van der Waals surface area contributed by atoms with Gasteiger partial charge in [-0.15, -0.1) is 0 Å². The Labute approximate surface area is 134 Å². The average Bonchev–Trinajstić information content (AvgIpc) is 2.45. The molecule has 1 aliphatic heterocycles. The number of morpholine rings is 1. The molecular formula is C15H19ClN2O4. The van der Waals surface area contributed by atoms with Crippen LogP contribution in [0.2, 0.25) is 5.02 Å². The molecule has 2 N–H and O–H groups in total. The fourth-order valence-corrected chi connectivity index (χ4v) is 2.56. The third kappa shape index (κ3) is 4.11. The van der Waals surface area contributed by atoms with Crippen molar-refractivity contribution in [3.8, 4) is 0 Å². The van der Waals surface area contributed by atoms with Gasteiger partial charge in [0.2, 0.25) is 0 Å². The van der Waals surface area contributed by atoms with Crippen LogP contribution in [-0.2, 0) is 14.3 Å². The summed E-state index contributed by atoms with van der Waals surface area (Å²) in [7, 11) is 0. The Morgan fingerprint density at radius 1 is 1.36 bits per heavy atom. The van der Waals surface area contributed by atoms with Crippen LogP contribution < -0.4 is 5.73 Å². The van der Waals surface area contributed by atoms with E-state index < -0.39 is 5.97 Å². The first-order chi connectivity index (χ1) is 10.4. The molecule has 1 aromatic carbocycles. The van der Waals surface area contributed by atoms with Gasteiger partial charge in [-0.05, 0) is 32.0 Å². The number of nitrogens with two attached hydrogens (primary N) is 1. The van der Waals surface area contributed by atoms with Crippen molar-refractivity contribution >= 4 is 29.2 Å². The van der Waals surface area contributed by atoms with E-state index in [1.807, 2.05) is 13.8 Å². The molecule has 1 fully saturated rings. The summed E-state index contributed by atoms with van der Waals surface area (Å²) in [6, 6.07) is 4.52. The molecule has 0 bridgehead atoms. The lowest BCUT2D eigenvalue weighted by Gasteiger charge is -2.35. The highest BCUT2D eigenvalue weighted by Gasteiger charge is 2.26. The molecule has 1 heterocycles. The number of nitrogen functional groups attached to an aromatic ring is 1. The van der Waals surface area contributed by atoms with E-state index in [2.05, 4.69) is 0 Å². The maximum absolute atomic E-state index is 12.1. The minimum absolute atomic E-state index is 0.0352. The zero-order chi connectivity index (χ0) is 16.3. The third-order valence-electron chi connectivity index (χ3n) is 3.33. The Bertz CT molecular complexity index is 569. The predicted octanol–water partition coefficient (Wildman–Crippen LogP) is 1.71. The number of nitrogens with zero attached hydrogens (tertiary/aromatic N) is 1. The van der Waals surface area contributed by atoms with Gasteiger partial charge in [-0.2, -0.15) is 0 Å². The fourth-order valence-electron chi connectivity index (χ4n) is 2.38. The SMILES string of the molecule is C[C@H]1CN(C(=O)COC(=O)c2cc(Cl)ccc2N)C[C@H](C)O1. The minimum atomic E-state index is -0.664. The van der Waals surface area contributed by atoms with Crippen molar-refractivity contribution in [1.82, 2.24) is 4.90 Å². The molecule has 1 aliphatic rings. The topological polar surface area (TPSA) is 81.9 Å². The Hall–Kier alpha value is -1.79. The second-order valence-electron chi connectivity index (χ2n) is 5.36. The van der Waals surface area contributed by atoms with Crippen LogP contribution in [-0.4, -0.2) is 48.7 Å². The van der Waals surface area contributed by atoms with Crippen molar-refractivity contribution in [2.24, 2.45) is 0 Å². The van der Waals surface area contributed by atoms with Crippen LogP contribution in [0.5, 0.6) is 0 Å². The monoisotopic (exact) mass is 326 g/mol. The predicted molar refractivity (Wildman–Crippen MR) is 82.7 cm³/mol. The normalized spacial score (nSPS) is 21.5. The van der Waals surface area contributed by atoms with E-state index in [4.69, 9.17) is 26.8 Å². The molecule has 1 aromatic rings. The number of anilines is 1. The van der Waals surface area contributed by atoms with E-state index in [-0.39, 0.29) is 36.0 Å². The summed E-state index contributed by atoms with van der Waals surface area (Å²) in [5.74, 6) is -0.918. The molecule has 0 spiro atoms. The molecule has 2 atom stereocenters. The maximum Gasteiger partial charge on any atom is 0.340 e. The number of esters is 1. The van der Waals surface area contributed by atoms with Gasteiger partial charge in [0.1, 0.15) is 0 Å². The molecule has 0 radical (unpaired) electrons. The van der Waals surface area contributed by atoms with Gasteiger partial charge in [0, 0.05) is 23.8 Å². The van der Waals surface area contributed by atoms with Gasteiger partial charge in [-0.25, -0.2) is 4.79 Å². The highest BCUT2D eigenvalue weighted by molar-refractivity contribution is 6.31. The van der Waals surface area contributed by atoms with Crippen LogP contribution in [0.1, 0.15) is 24.2 Å². The average molecular weight is 327 g/mol. The zero-order valence-electron chi connectivity index (χ0n) is 12.5. The van der Waals surface area contributed by atoms with Crippen LogP contribution >= 0.6 is 11.6 Å². The summed E-state index contributed by atoms with van der Waals surface area (Å²) in [6.45, 7) is 4.44. The summed E-state index contributed by atoms with van der Waals surface area (Å²) in [5, 5.41) is 0.378. The van der Waals surface area contributed by atoms with Gasteiger partial charge in [-0.3, -0.25) is 4.79 Å². The summed E-state index contributed by atoms with van der Waals surface area (Å²) < 4.78 is 10.6. The molecular weight excluding hydrogens is 308 g/mol. The number of carbonyl (C=O) groups excluding carboxylic acids is 2. The van der Waals surface area contributed by atoms with Crippen LogP contribution in [0, 0.1) is 0 Å². The highest BCUT2D eigenvalue weighted by Crippen LogP contribution is 2.19. The van der Waals surface area contributed by atoms with Crippen molar-refractivity contribution in [3.05, 3.63) is 28.8 Å². The number of halogens is 1. The van der Waals surface area contributed by atoms with Crippen molar-refractivity contribution in [3.63, 3.8) is 0 Å². The molecule has 0 saturated carbocycles. The molecule has 120 valence electrons. The first-order valence-corrected chi connectivity index (χ1v) is 7.40. The first kappa shape index (κ1) is 16.6. The molecule has 22 heavy (non-hydrogen) atoms. The highest BCUT2D eigenvalue weighted by atomic mass is 35.5. The largest absolute Gasteiger partial charge is 0.452 e. The lowest BCUT2D eigenvalue weighted by Crippen LogP contribution is -2.49. The van der Waals surface area contributed by atoms with E-state index in [1.54, 1.807) is 11.0 Å². The molecule has 7 heteroatoms. The summed E-state index contributed by atoms with van der Waals surface area (Å²) in [6.07, 6.45) is -0.0704. The minimum Gasteiger partial charge on any atom is -0.452 e. The maximum atomic E-state index is 12.1. The van der Waals surface area contributed by atoms with Crippen molar-refractivity contribution in [1.29, 1.82) is 0 Å². The van der Waals surface area contributed by atoms with E-state index in [0.717, 1.165) is 0 Å². The summed E-state index contributed by atoms with van der Waals surface area (Å²) in [4.78, 5) is 25.7. The molecule has 2 rings (SSSR count). The van der Waals surface area contributed by atoms with Crippen LogP contribution in [0.3, 0.4) is 0 Å². The Morgan fingerprint density at radius 2 is 2.00 bits per heavy atom. The van der Waals surface area contributed by atoms with Crippen molar-refractivity contribution in [2.45, 2.75) is 26.1 Å². The quantitative estimate of drug-likeness (QED) is 0.675. The third-order valence-corrected chi connectivity index (χ3v) is 3.57. The number of amides is 1. The first-order valence-electron chi connectivity index (χ1n) is 7.02. The molecule has 1 saturated heterocycles. The van der Waals surface area contributed by atoms with E-state index in [0.29, 0.717) is 18.1 Å². The van der Waals surface area contributed by atoms with Gasteiger partial charge < -0.3 is 20.1 Å². The molecule has 0 unspecified atom stereocenters.